The van der Waals surface area contributed by atoms with Crippen LogP contribution in [0.15, 0.2) is 32.0 Å². The molecule has 0 atom stereocenters. The Morgan fingerprint density at radius 1 is 1.32 bits per heavy atom. The zero-order valence-electron chi connectivity index (χ0n) is 10.6. The summed E-state index contributed by atoms with van der Waals surface area (Å²) in [7, 11) is -3.55. The molecule has 1 fully saturated rings. The minimum Gasteiger partial charge on any atom is -0.387 e. The molecule has 106 valence electrons. The maximum Gasteiger partial charge on any atom is 0.244 e. The smallest absolute Gasteiger partial charge is 0.244 e. The first-order valence-electron chi connectivity index (χ1n) is 5.84. The van der Waals surface area contributed by atoms with Crippen LogP contribution in [0, 0.1) is 5.92 Å². The summed E-state index contributed by atoms with van der Waals surface area (Å²) in [5.74, 6) is 0.0345. The van der Waals surface area contributed by atoms with Gasteiger partial charge in [-0.3, -0.25) is 0 Å². The van der Waals surface area contributed by atoms with Gasteiger partial charge in [0.25, 0.3) is 0 Å². The van der Waals surface area contributed by atoms with Crippen LogP contribution >= 0.6 is 31.9 Å². The van der Waals surface area contributed by atoms with Gasteiger partial charge in [-0.2, -0.15) is 4.31 Å². The Balaban J connectivity index is 2.26. The van der Waals surface area contributed by atoms with Gasteiger partial charge in [0.2, 0.25) is 10.0 Å². The Morgan fingerprint density at radius 2 is 1.89 bits per heavy atom. The van der Waals surface area contributed by atoms with E-state index in [2.05, 4.69) is 31.9 Å². The third-order valence-corrected chi connectivity index (χ3v) is 6.75. The molecule has 1 heterocycles. The van der Waals surface area contributed by atoms with Crippen molar-refractivity contribution in [1.29, 1.82) is 0 Å². The molecule has 19 heavy (non-hydrogen) atoms. The van der Waals surface area contributed by atoms with Crippen LogP contribution in [-0.2, 0) is 10.0 Å². The molecular weight excluding hydrogens is 398 g/mol. The normalized spacial score (nSPS) is 19.5. The van der Waals surface area contributed by atoms with E-state index in [4.69, 9.17) is 0 Å². The van der Waals surface area contributed by atoms with Crippen molar-refractivity contribution in [1.82, 2.24) is 4.31 Å². The van der Waals surface area contributed by atoms with Gasteiger partial charge in [0, 0.05) is 22.0 Å². The number of sulfonamides is 1. The number of hydrogen-bond donors (Lipinski definition) is 1. The number of halogens is 2. The van der Waals surface area contributed by atoms with Crippen LogP contribution in [-0.4, -0.2) is 36.5 Å². The highest BCUT2D eigenvalue weighted by molar-refractivity contribution is 9.11. The second-order valence-electron chi connectivity index (χ2n) is 5.11. The Morgan fingerprint density at radius 3 is 2.37 bits per heavy atom. The third kappa shape index (κ3) is 2.76. The van der Waals surface area contributed by atoms with Gasteiger partial charge in [0.1, 0.15) is 0 Å². The fourth-order valence-corrected chi connectivity index (χ4v) is 5.19. The lowest BCUT2D eigenvalue weighted by Gasteiger charge is -2.47. The molecule has 0 amide bonds. The van der Waals surface area contributed by atoms with Crippen LogP contribution in [0.3, 0.4) is 0 Å². The molecule has 4 nitrogen and oxygen atoms in total. The molecule has 0 aromatic heterocycles. The molecule has 1 N–H and O–H groups in total. The average Bonchev–Trinajstić information content (AvgIpc) is 2.23. The van der Waals surface area contributed by atoms with Crippen molar-refractivity contribution in [2.45, 2.75) is 24.3 Å². The first-order valence-corrected chi connectivity index (χ1v) is 8.87. The number of β-amino-alcohol motifs (C(OH)–C–C–N with tert-alkyl or cyclic N) is 1. The van der Waals surface area contributed by atoms with Crippen LogP contribution in [0.1, 0.15) is 13.8 Å². The summed E-state index contributed by atoms with van der Waals surface area (Å²) in [5, 5.41) is 10.2. The van der Waals surface area contributed by atoms with Gasteiger partial charge in [-0.15, -0.1) is 0 Å². The van der Waals surface area contributed by atoms with Crippen molar-refractivity contribution in [3.05, 3.63) is 27.1 Å². The number of hydrogen-bond acceptors (Lipinski definition) is 3. The largest absolute Gasteiger partial charge is 0.387 e. The lowest BCUT2D eigenvalue weighted by molar-refractivity contribution is -0.0932. The second kappa shape index (κ2) is 5.11. The topological polar surface area (TPSA) is 57.6 Å². The molecule has 1 saturated heterocycles. The highest BCUT2D eigenvalue weighted by Crippen LogP contribution is 2.35. The highest BCUT2D eigenvalue weighted by Gasteiger charge is 2.49. The maximum atomic E-state index is 12.4. The maximum absolute atomic E-state index is 12.4. The Hall–Kier alpha value is 0.0500. The van der Waals surface area contributed by atoms with Crippen molar-refractivity contribution in [3.8, 4) is 0 Å². The zero-order chi connectivity index (χ0) is 14.4. The van der Waals surface area contributed by atoms with Crippen LogP contribution in [0.25, 0.3) is 0 Å². The van der Waals surface area contributed by atoms with Gasteiger partial charge >= 0.3 is 0 Å². The van der Waals surface area contributed by atoms with E-state index in [0.717, 1.165) is 4.47 Å². The van der Waals surface area contributed by atoms with E-state index in [1.54, 1.807) is 18.2 Å². The van der Waals surface area contributed by atoms with Crippen molar-refractivity contribution in [3.63, 3.8) is 0 Å². The van der Waals surface area contributed by atoms with Gasteiger partial charge in [-0.1, -0.05) is 29.8 Å². The van der Waals surface area contributed by atoms with E-state index in [-0.39, 0.29) is 23.9 Å². The Labute approximate surface area is 130 Å². The molecule has 0 saturated carbocycles. The first-order chi connectivity index (χ1) is 8.67. The van der Waals surface area contributed by atoms with E-state index < -0.39 is 15.6 Å². The standard InChI is InChI=1S/C12H15Br2NO3S/c1-8(2)12(16)6-15(7-12)19(17,18)11-4-3-9(13)5-10(11)14/h3-5,8,16H,6-7H2,1-2H3. The SMILES string of the molecule is CC(C)C1(O)CN(S(=O)(=O)c2ccc(Br)cc2Br)C1. The minimum atomic E-state index is -3.55. The summed E-state index contributed by atoms with van der Waals surface area (Å²) < 4.78 is 27.5. The van der Waals surface area contributed by atoms with E-state index >= 15 is 0 Å². The Kier molecular flexibility index (Phi) is 4.15. The van der Waals surface area contributed by atoms with Crippen molar-refractivity contribution < 1.29 is 13.5 Å². The number of rotatable bonds is 3. The molecule has 1 aromatic rings. The molecule has 1 aliphatic rings. The van der Waals surface area contributed by atoms with Gasteiger partial charge in [0.05, 0.1) is 10.5 Å². The van der Waals surface area contributed by atoms with E-state index in [9.17, 15) is 13.5 Å². The fourth-order valence-electron chi connectivity index (χ4n) is 1.92. The van der Waals surface area contributed by atoms with E-state index in [1.807, 2.05) is 13.8 Å². The molecule has 1 aromatic carbocycles. The van der Waals surface area contributed by atoms with Gasteiger partial charge < -0.3 is 5.11 Å². The lowest BCUT2D eigenvalue weighted by atomic mass is 9.85. The highest BCUT2D eigenvalue weighted by atomic mass is 79.9. The molecule has 0 radical (unpaired) electrons. The van der Waals surface area contributed by atoms with E-state index in [0.29, 0.717) is 4.47 Å². The predicted octanol–water partition coefficient (Wildman–Crippen LogP) is 2.60. The van der Waals surface area contributed by atoms with Gasteiger partial charge in [0.15, 0.2) is 0 Å². The number of aliphatic hydroxyl groups is 1. The van der Waals surface area contributed by atoms with Crippen molar-refractivity contribution >= 4 is 41.9 Å². The molecular formula is C12H15Br2NO3S. The quantitative estimate of drug-likeness (QED) is 0.829. The summed E-state index contributed by atoms with van der Waals surface area (Å²) in [6, 6.07) is 4.93. The summed E-state index contributed by atoms with van der Waals surface area (Å²) in [6.07, 6.45) is 0. The summed E-state index contributed by atoms with van der Waals surface area (Å²) in [5.41, 5.74) is -0.908. The molecule has 7 heteroatoms. The van der Waals surface area contributed by atoms with Crippen LogP contribution < -0.4 is 0 Å². The summed E-state index contributed by atoms with van der Waals surface area (Å²) in [6.45, 7) is 4.07. The van der Waals surface area contributed by atoms with Crippen LogP contribution in [0.5, 0.6) is 0 Å². The summed E-state index contributed by atoms with van der Waals surface area (Å²) >= 11 is 6.55. The van der Waals surface area contributed by atoms with Crippen molar-refractivity contribution in [2.24, 2.45) is 5.92 Å². The zero-order valence-corrected chi connectivity index (χ0v) is 14.6. The molecule has 0 bridgehead atoms. The summed E-state index contributed by atoms with van der Waals surface area (Å²) in [4.78, 5) is 0.224. The number of nitrogens with zero attached hydrogens (tertiary/aromatic N) is 1. The minimum absolute atomic E-state index is 0.0345. The molecule has 0 unspecified atom stereocenters. The molecule has 0 spiro atoms. The first kappa shape index (κ1) is 15.4. The second-order valence-corrected chi connectivity index (χ2v) is 8.78. The monoisotopic (exact) mass is 411 g/mol. The average molecular weight is 413 g/mol. The molecule has 1 aliphatic heterocycles. The predicted molar refractivity (Wildman–Crippen MR) is 80.4 cm³/mol. The Bertz CT molecular complexity index is 595. The van der Waals surface area contributed by atoms with Crippen LogP contribution in [0.4, 0.5) is 0 Å². The van der Waals surface area contributed by atoms with Gasteiger partial charge in [-0.05, 0) is 40.0 Å². The lowest BCUT2D eigenvalue weighted by Crippen LogP contribution is -2.65. The fraction of sp³-hybridized carbons (Fsp3) is 0.500. The molecule has 0 aliphatic carbocycles. The van der Waals surface area contributed by atoms with Crippen LogP contribution in [0.2, 0.25) is 0 Å². The third-order valence-electron chi connectivity index (χ3n) is 3.49. The van der Waals surface area contributed by atoms with E-state index in [1.165, 1.54) is 4.31 Å². The van der Waals surface area contributed by atoms with Gasteiger partial charge in [-0.25, -0.2) is 8.42 Å². The van der Waals surface area contributed by atoms with Crippen molar-refractivity contribution in [2.75, 3.05) is 13.1 Å². The molecule has 2 rings (SSSR count). The number of benzene rings is 1.